The number of hydrogen-bond donors (Lipinski definition) is 1. The highest BCUT2D eigenvalue weighted by molar-refractivity contribution is 8.00. The van der Waals surface area contributed by atoms with Gasteiger partial charge in [0.25, 0.3) is 0 Å². The lowest BCUT2D eigenvalue weighted by Gasteiger charge is -2.09. The normalized spacial score (nSPS) is 10.9. The van der Waals surface area contributed by atoms with Crippen LogP contribution in [0.1, 0.15) is 5.56 Å². The summed E-state index contributed by atoms with van der Waals surface area (Å²) < 4.78 is 26.2. The monoisotopic (exact) mass is 421 g/mol. The summed E-state index contributed by atoms with van der Waals surface area (Å²) in [4.78, 5) is 12.2. The van der Waals surface area contributed by atoms with Crippen LogP contribution in [0.4, 0.5) is 8.78 Å². The summed E-state index contributed by atoms with van der Waals surface area (Å²) in [5.74, 6) is -0.599. The molecule has 4 rings (SSSR count). The summed E-state index contributed by atoms with van der Waals surface area (Å²) in [6.45, 7) is 0.329. The number of carbonyl (C=O) groups is 1. The van der Waals surface area contributed by atoms with Gasteiger partial charge >= 0.3 is 0 Å². The number of benzene rings is 3. The molecule has 0 fully saturated rings. The van der Waals surface area contributed by atoms with Crippen molar-refractivity contribution in [1.82, 2.24) is 15.5 Å². The molecule has 3 aromatic carbocycles. The fraction of sp³-hybridized carbons (Fsp3) is 0.0870. The van der Waals surface area contributed by atoms with E-state index in [2.05, 4.69) is 15.5 Å². The number of amides is 1. The minimum atomic E-state index is -0.310. The number of halogens is 2. The van der Waals surface area contributed by atoms with Crippen LogP contribution in [-0.4, -0.2) is 21.9 Å². The van der Waals surface area contributed by atoms with Gasteiger partial charge in [-0.1, -0.05) is 48.2 Å². The van der Waals surface area contributed by atoms with Gasteiger partial charge in [-0.3, -0.25) is 4.79 Å². The third-order valence-corrected chi connectivity index (χ3v) is 5.50. The molecule has 0 bridgehead atoms. The van der Waals surface area contributed by atoms with Crippen molar-refractivity contribution in [3.63, 3.8) is 0 Å². The van der Waals surface area contributed by atoms with Crippen molar-refractivity contribution in [1.29, 1.82) is 0 Å². The second kappa shape index (κ2) is 9.00. The molecule has 1 aromatic heterocycles. The van der Waals surface area contributed by atoms with Gasteiger partial charge in [-0.05, 0) is 42.0 Å². The number of fused-ring (bicyclic) bond motifs is 1. The third-order valence-electron chi connectivity index (χ3n) is 4.51. The molecule has 0 saturated carbocycles. The fourth-order valence-electron chi connectivity index (χ4n) is 2.99. The highest BCUT2D eigenvalue weighted by atomic mass is 32.2. The van der Waals surface area contributed by atoms with Gasteiger partial charge in [-0.2, -0.15) is 0 Å². The van der Waals surface area contributed by atoms with Crippen molar-refractivity contribution in [2.24, 2.45) is 0 Å². The van der Waals surface area contributed by atoms with Crippen molar-refractivity contribution < 1.29 is 13.6 Å². The van der Waals surface area contributed by atoms with Crippen LogP contribution in [0.3, 0.4) is 0 Å². The number of hydrogen-bond acceptors (Lipinski definition) is 4. The lowest BCUT2D eigenvalue weighted by molar-refractivity contribution is -0.118. The molecular formula is C23H17F2N3OS. The molecule has 4 nitrogen and oxygen atoms in total. The summed E-state index contributed by atoms with van der Waals surface area (Å²) in [5, 5.41) is 13.8. The molecule has 1 N–H and O–H groups in total. The number of nitrogens with zero attached hydrogens (tertiary/aromatic N) is 2. The lowest BCUT2D eigenvalue weighted by atomic mass is 10.1. The van der Waals surface area contributed by atoms with Crippen molar-refractivity contribution >= 4 is 28.4 Å². The van der Waals surface area contributed by atoms with Crippen LogP contribution in [0.25, 0.3) is 22.0 Å². The van der Waals surface area contributed by atoms with E-state index in [1.807, 2.05) is 24.3 Å². The fourth-order valence-corrected chi connectivity index (χ4v) is 3.80. The Morgan fingerprint density at radius 1 is 0.833 bits per heavy atom. The smallest absolute Gasteiger partial charge is 0.230 e. The van der Waals surface area contributed by atoms with E-state index in [0.717, 1.165) is 21.9 Å². The zero-order chi connectivity index (χ0) is 20.9. The van der Waals surface area contributed by atoms with Gasteiger partial charge in [-0.15, -0.1) is 10.2 Å². The SMILES string of the molecule is O=C(CSc1nnc(-c2ccc(F)cc2)c2ccccc12)NCc1ccc(F)cc1. The molecule has 0 aliphatic heterocycles. The van der Waals surface area contributed by atoms with Gasteiger partial charge in [-0.25, -0.2) is 8.78 Å². The molecule has 1 heterocycles. The minimum Gasteiger partial charge on any atom is -0.351 e. The Labute approximate surface area is 176 Å². The first kappa shape index (κ1) is 20.0. The predicted octanol–water partition coefficient (Wildman–Crippen LogP) is 4.98. The molecule has 1 amide bonds. The van der Waals surface area contributed by atoms with Crippen LogP contribution in [0.15, 0.2) is 77.8 Å². The number of thioether (sulfide) groups is 1. The molecule has 150 valence electrons. The first-order valence-corrected chi connectivity index (χ1v) is 10.2. The van der Waals surface area contributed by atoms with Gasteiger partial charge in [0.2, 0.25) is 5.91 Å². The Morgan fingerprint density at radius 2 is 1.47 bits per heavy atom. The van der Waals surface area contributed by atoms with Gasteiger partial charge in [0.1, 0.15) is 22.4 Å². The zero-order valence-corrected chi connectivity index (χ0v) is 16.6. The van der Waals surface area contributed by atoms with E-state index in [4.69, 9.17) is 0 Å². The third kappa shape index (κ3) is 4.63. The Balaban J connectivity index is 1.48. The second-order valence-electron chi connectivity index (χ2n) is 6.60. The molecule has 0 aliphatic rings. The largest absolute Gasteiger partial charge is 0.351 e. The van der Waals surface area contributed by atoms with E-state index in [0.29, 0.717) is 17.3 Å². The first-order valence-electron chi connectivity index (χ1n) is 9.25. The number of carbonyl (C=O) groups excluding carboxylic acids is 1. The summed E-state index contributed by atoms with van der Waals surface area (Å²) in [5.41, 5.74) is 2.26. The molecule has 7 heteroatoms. The van der Waals surface area contributed by atoms with E-state index in [1.54, 1.807) is 24.3 Å². The van der Waals surface area contributed by atoms with Crippen molar-refractivity contribution in [2.45, 2.75) is 11.6 Å². The highest BCUT2D eigenvalue weighted by Crippen LogP contribution is 2.31. The van der Waals surface area contributed by atoms with Gasteiger partial charge in [0.05, 0.1) is 5.75 Å². The predicted molar refractivity (Wildman–Crippen MR) is 114 cm³/mol. The number of rotatable bonds is 6. The maximum atomic E-state index is 13.3. The van der Waals surface area contributed by atoms with E-state index < -0.39 is 0 Å². The van der Waals surface area contributed by atoms with Crippen LogP contribution in [0, 0.1) is 11.6 Å². The molecule has 0 atom stereocenters. The maximum absolute atomic E-state index is 13.3. The van der Waals surface area contributed by atoms with Crippen molar-refractivity contribution in [3.8, 4) is 11.3 Å². The molecule has 30 heavy (non-hydrogen) atoms. The quantitative estimate of drug-likeness (QED) is 0.446. The van der Waals surface area contributed by atoms with E-state index in [1.165, 1.54) is 36.0 Å². The molecule has 0 unspecified atom stereocenters. The standard InChI is InChI=1S/C23H17F2N3OS/c24-17-9-5-15(6-10-17)13-26-21(29)14-30-23-20-4-2-1-3-19(20)22(27-28-23)16-7-11-18(25)12-8-16/h1-12H,13-14H2,(H,26,29). The average Bonchev–Trinajstić information content (AvgIpc) is 2.78. The van der Waals surface area contributed by atoms with Crippen LogP contribution in [-0.2, 0) is 11.3 Å². The van der Waals surface area contributed by atoms with Crippen molar-refractivity contribution in [3.05, 3.63) is 90.0 Å². The zero-order valence-electron chi connectivity index (χ0n) is 15.8. The number of nitrogens with one attached hydrogen (secondary N) is 1. The Kier molecular flexibility index (Phi) is 5.99. The van der Waals surface area contributed by atoms with E-state index in [-0.39, 0.29) is 23.3 Å². The van der Waals surface area contributed by atoms with Crippen LogP contribution < -0.4 is 5.32 Å². The van der Waals surface area contributed by atoms with Crippen LogP contribution in [0.5, 0.6) is 0 Å². The highest BCUT2D eigenvalue weighted by Gasteiger charge is 2.13. The Bertz CT molecular complexity index is 1180. The topological polar surface area (TPSA) is 54.9 Å². The van der Waals surface area contributed by atoms with Gasteiger partial charge in [0.15, 0.2) is 0 Å². The number of aromatic nitrogens is 2. The van der Waals surface area contributed by atoms with E-state index in [9.17, 15) is 13.6 Å². The summed E-state index contributed by atoms with van der Waals surface area (Å²) in [6.07, 6.45) is 0. The molecule has 0 aliphatic carbocycles. The molecule has 0 radical (unpaired) electrons. The van der Waals surface area contributed by atoms with E-state index >= 15 is 0 Å². The minimum absolute atomic E-state index is 0.155. The Morgan fingerprint density at radius 3 is 2.17 bits per heavy atom. The second-order valence-corrected chi connectivity index (χ2v) is 7.56. The maximum Gasteiger partial charge on any atom is 0.230 e. The molecule has 0 saturated heterocycles. The van der Waals surface area contributed by atoms with Gasteiger partial charge in [0, 0.05) is 22.9 Å². The summed E-state index contributed by atoms with van der Waals surface area (Å²) >= 11 is 1.30. The summed E-state index contributed by atoms with van der Waals surface area (Å²) in [6, 6.07) is 19.8. The van der Waals surface area contributed by atoms with Crippen molar-refractivity contribution in [2.75, 3.05) is 5.75 Å². The Hall–Kier alpha value is -3.32. The average molecular weight is 421 g/mol. The molecular weight excluding hydrogens is 404 g/mol. The van der Waals surface area contributed by atoms with Crippen LogP contribution >= 0.6 is 11.8 Å². The summed E-state index contributed by atoms with van der Waals surface area (Å²) in [7, 11) is 0. The first-order chi connectivity index (χ1) is 14.6. The van der Waals surface area contributed by atoms with Gasteiger partial charge < -0.3 is 5.32 Å². The lowest BCUT2D eigenvalue weighted by Crippen LogP contribution is -2.24. The molecule has 0 spiro atoms. The van der Waals surface area contributed by atoms with Crippen LogP contribution in [0.2, 0.25) is 0 Å². The molecule has 4 aromatic rings.